The van der Waals surface area contributed by atoms with Crippen LogP contribution in [0.3, 0.4) is 0 Å². The normalized spacial score (nSPS) is 39.6. The summed E-state index contributed by atoms with van der Waals surface area (Å²) in [5.74, 6) is 0.717. The van der Waals surface area contributed by atoms with Crippen molar-refractivity contribution in [2.75, 3.05) is 13.1 Å². The predicted octanol–water partition coefficient (Wildman–Crippen LogP) is 2.07. The molecule has 1 spiro atoms. The molecule has 2 saturated carbocycles. The van der Waals surface area contributed by atoms with Crippen LogP contribution in [-0.4, -0.2) is 47.8 Å². The third kappa shape index (κ3) is 3.12. The number of benzene rings is 1. The summed E-state index contributed by atoms with van der Waals surface area (Å²) in [6.45, 7) is 1.25. The van der Waals surface area contributed by atoms with Gasteiger partial charge in [0, 0.05) is 30.3 Å². The molecule has 2 N–H and O–H groups in total. The second-order valence-corrected chi connectivity index (χ2v) is 11.9. The van der Waals surface area contributed by atoms with Gasteiger partial charge in [0.05, 0.1) is 6.07 Å². The number of nitrogens with zero attached hydrogens (tertiary/aromatic N) is 2. The molecular weight excluding hydrogens is 452 g/mol. The first-order valence-corrected chi connectivity index (χ1v) is 13.5. The first-order chi connectivity index (χ1) is 17.5. The second kappa shape index (κ2) is 7.93. The summed E-state index contributed by atoms with van der Waals surface area (Å²) >= 11 is 0. The number of allylic oxidation sites excluding steroid dienone is 2. The first-order valence-electron chi connectivity index (χ1n) is 13.5. The lowest BCUT2D eigenvalue weighted by molar-refractivity contribution is -0.141. The van der Waals surface area contributed by atoms with E-state index in [1.54, 1.807) is 0 Å². The topological polar surface area (TPSA) is 102 Å². The molecule has 1 aromatic rings. The monoisotopic (exact) mass is 484 g/mol. The first kappa shape index (κ1) is 22.1. The molecule has 2 saturated heterocycles. The molecule has 1 aromatic carbocycles. The maximum absolute atomic E-state index is 14.0. The van der Waals surface area contributed by atoms with Gasteiger partial charge in [-0.15, -0.1) is 0 Å². The van der Waals surface area contributed by atoms with E-state index in [2.05, 4.69) is 53.1 Å². The lowest BCUT2D eigenvalue weighted by atomic mass is 9.81. The van der Waals surface area contributed by atoms with Gasteiger partial charge < -0.3 is 15.5 Å². The smallest absolute Gasteiger partial charge is 0.244 e. The summed E-state index contributed by atoms with van der Waals surface area (Å²) in [5.41, 5.74) is 2.62. The quantitative estimate of drug-likeness (QED) is 0.625. The minimum atomic E-state index is -0.731. The van der Waals surface area contributed by atoms with E-state index in [-0.39, 0.29) is 40.9 Å². The van der Waals surface area contributed by atoms with Crippen LogP contribution < -0.4 is 10.6 Å². The molecule has 4 aliphatic carbocycles. The molecule has 0 radical (unpaired) electrons. The molecule has 7 nitrogen and oxygen atoms in total. The fourth-order valence-electron chi connectivity index (χ4n) is 8.45. The molecule has 3 amide bonds. The van der Waals surface area contributed by atoms with Crippen molar-refractivity contribution in [2.45, 2.75) is 56.0 Å². The van der Waals surface area contributed by atoms with E-state index in [0.29, 0.717) is 43.7 Å². The predicted molar refractivity (Wildman–Crippen MR) is 131 cm³/mol. The van der Waals surface area contributed by atoms with Gasteiger partial charge in [-0.1, -0.05) is 36.4 Å². The van der Waals surface area contributed by atoms with E-state index < -0.39 is 12.1 Å². The average molecular weight is 485 g/mol. The number of nitrogens with one attached hydrogen (secondary N) is 2. The summed E-state index contributed by atoms with van der Waals surface area (Å²) in [5, 5.41) is 15.5. The van der Waals surface area contributed by atoms with Crippen LogP contribution >= 0.6 is 0 Å². The molecule has 2 aliphatic heterocycles. The van der Waals surface area contributed by atoms with Gasteiger partial charge in [-0.25, -0.2) is 0 Å². The molecular formula is C29H32N4O3. The van der Waals surface area contributed by atoms with Gasteiger partial charge in [-0.05, 0) is 73.3 Å². The van der Waals surface area contributed by atoms with Gasteiger partial charge in [0.1, 0.15) is 12.1 Å². The van der Waals surface area contributed by atoms with E-state index in [1.807, 2.05) is 4.90 Å². The number of likely N-dealkylation sites (tertiary alicyclic amines) is 1. The molecule has 4 fully saturated rings. The number of fused-ring (bicyclic) bond motifs is 7. The minimum absolute atomic E-state index is 0.0450. The number of hydrogen-bond acceptors (Lipinski definition) is 4. The van der Waals surface area contributed by atoms with Gasteiger partial charge >= 0.3 is 0 Å². The summed E-state index contributed by atoms with van der Waals surface area (Å²) < 4.78 is 0. The summed E-state index contributed by atoms with van der Waals surface area (Å²) in [7, 11) is 0. The van der Waals surface area contributed by atoms with E-state index in [0.717, 1.165) is 25.7 Å². The molecule has 9 atom stereocenters. The number of rotatable bonds is 5. The van der Waals surface area contributed by atoms with E-state index in [1.165, 1.54) is 11.1 Å². The Morgan fingerprint density at radius 3 is 2.89 bits per heavy atom. The van der Waals surface area contributed by atoms with Crippen molar-refractivity contribution in [3.8, 4) is 6.07 Å². The van der Waals surface area contributed by atoms with Crippen molar-refractivity contribution in [3.05, 3.63) is 47.5 Å². The minimum Gasteiger partial charge on any atom is -0.356 e. The number of amides is 3. The van der Waals surface area contributed by atoms with Crippen LogP contribution in [0, 0.1) is 46.8 Å². The fraction of sp³-hybridized carbons (Fsp3) is 0.586. The van der Waals surface area contributed by atoms with Crippen molar-refractivity contribution in [2.24, 2.45) is 35.5 Å². The van der Waals surface area contributed by atoms with Crippen molar-refractivity contribution in [1.82, 2.24) is 15.5 Å². The molecule has 2 bridgehead atoms. The Morgan fingerprint density at radius 2 is 2.08 bits per heavy atom. The molecule has 186 valence electrons. The van der Waals surface area contributed by atoms with Crippen LogP contribution in [-0.2, 0) is 26.2 Å². The maximum atomic E-state index is 14.0. The lowest BCUT2D eigenvalue weighted by Gasteiger charge is -2.30. The van der Waals surface area contributed by atoms with Crippen LogP contribution in [0.25, 0.3) is 0 Å². The van der Waals surface area contributed by atoms with Crippen molar-refractivity contribution in [1.29, 1.82) is 5.26 Å². The highest BCUT2D eigenvalue weighted by molar-refractivity contribution is 5.92. The third-order valence-electron chi connectivity index (χ3n) is 10.3. The molecule has 0 unspecified atom stereocenters. The van der Waals surface area contributed by atoms with Crippen molar-refractivity contribution >= 4 is 17.7 Å². The summed E-state index contributed by atoms with van der Waals surface area (Å²) in [4.78, 5) is 41.7. The third-order valence-corrected chi connectivity index (χ3v) is 10.3. The van der Waals surface area contributed by atoms with Crippen LogP contribution in [0.5, 0.6) is 0 Å². The highest BCUT2D eigenvalue weighted by Gasteiger charge is 2.65. The van der Waals surface area contributed by atoms with Gasteiger partial charge in [-0.3, -0.25) is 14.4 Å². The average Bonchev–Trinajstić information content (AvgIpc) is 3.44. The molecule has 0 aromatic heterocycles. The van der Waals surface area contributed by atoms with Crippen LogP contribution in [0.15, 0.2) is 36.4 Å². The highest BCUT2D eigenvalue weighted by atomic mass is 16.2. The van der Waals surface area contributed by atoms with Crippen LogP contribution in [0.4, 0.5) is 0 Å². The van der Waals surface area contributed by atoms with Gasteiger partial charge in [0.2, 0.25) is 17.7 Å². The zero-order chi connectivity index (χ0) is 24.6. The van der Waals surface area contributed by atoms with Gasteiger partial charge in [-0.2, -0.15) is 5.26 Å². The number of hydrogen-bond donors (Lipinski definition) is 2. The zero-order valence-corrected chi connectivity index (χ0v) is 20.4. The standard InChI is InChI=1S/C29H32N4O3/c30-14-20(12-19-8-10-31-26(19)34)32-27(35)25-24-18-6-5-17(11-18)21(24)15-33(25)28(36)23-13-29(23)9-7-16-3-1-2-4-22(16)29/h1-6,17-21,23-25H,7-13,15H2,(H,31,34)(H,32,35)/t17-,18+,19+,20+,21-,23+,24+,25+,29+/m1/s1. The Balaban J connectivity index is 1.13. The number of carbonyl (C=O) groups excluding carboxylic acids is 3. The fourth-order valence-corrected chi connectivity index (χ4v) is 8.45. The molecule has 36 heavy (non-hydrogen) atoms. The molecule has 6 aliphatic rings. The largest absolute Gasteiger partial charge is 0.356 e. The van der Waals surface area contributed by atoms with Crippen molar-refractivity contribution < 1.29 is 14.4 Å². The Labute approximate surface area is 211 Å². The van der Waals surface area contributed by atoms with Crippen LogP contribution in [0.2, 0.25) is 0 Å². The Morgan fingerprint density at radius 1 is 1.25 bits per heavy atom. The molecule has 7 rings (SSSR count). The zero-order valence-electron chi connectivity index (χ0n) is 20.4. The Hall–Kier alpha value is -3.14. The SMILES string of the molecule is N#C[C@H](C[C@@H]1CCNC1=O)NC(=O)[C@@H]1[C@@H]2[C@H](CN1C(=O)[C@@H]1C[C@]13CCc1ccccc13)[C@@H]1C=C[C@H]2C1. The number of carbonyl (C=O) groups is 3. The Kier molecular flexibility index (Phi) is 4.86. The second-order valence-electron chi connectivity index (χ2n) is 11.9. The van der Waals surface area contributed by atoms with E-state index in [9.17, 15) is 19.6 Å². The van der Waals surface area contributed by atoms with Gasteiger partial charge in [0.15, 0.2) is 0 Å². The number of nitriles is 1. The maximum Gasteiger partial charge on any atom is 0.244 e. The Bertz CT molecular complexity index is 1220. The lowest BCUT2D eigenvalue weighted by Crippen LogP contribution is -2.52. The van der Waals surface area contributed by atoms with Gasteiger partial charge in [0.25, 0.3) is 0 Å². The molecule has 7 heteroatoms. The molecule has 2 heterocycles. The summed E-state index contributed by atoms with van der Waals surface area (Å²) in [6.07, 6.45) is 9.46. The number of aryl methyl sites for hydroxylation is 1. The van der Waals surface area contributed by atoms with E-state index in [4.69, 9.17) is 0 Å². The van der Waals surface area contributed by atoms with Crippen molar-refractivity contribution in [3.63, 3.8) is 0 Å². The highest BCUT2D eigenvalue weighted by Crippen LogP contribution is 2.63. The summed E-state index contributed by atoms with van der Waals surface area (Å²) in [6, 6.07) is 9.43. The van der Waals surface area contributed by atoms with E-state index >= 15 is 0 Å². The van der Waals surface area contributed by atoms with Crippen LogP contribution in [0.1, 0.15) is 43.2 Å².